The number of nitrogens with one attached hydrogen (secondary N) is 2. The predicted molar refractivity (Wildman–Crippen MR) is 144 cm³/mol. The molecule has 0 fully saturated rings. The van der Waals surface area contributed by atoms with Crippen LogP contribution in [-0.4, -0.2) is 49.8 Å². The SMILES string of the molecule is COc1ccc(OC)c(NS(=O)(=O)c2ccc(NC(=O)CN(c3ccc(C)cc3C)S(C)(=O)=O)cc2)c1. The lowest BCUT2D eigenvalue weighted by Crippen LogP contribution is -2.37. The zero-order valence-corrected chi connectivity index (χ0v) is 22.7. The number of aryl methyl sites for hydroxylation is 2. The third-order valence-corrected chi connectivity index (χ3v) is 7.92. The summed E-state index contributed by atoms with van der Waals surface area (Å²) in [5.41, 5.74) is 2.59. The summed E-state index contributed by atoms with van der Waals surface area (Å²) >= 11 is 0. The van der Waals surface area contributed by atoms with Gasteiger partial charge in [-0.15, -0.1) is 0 Å². The van der Waals surface area contributed by atoms with Crippen LogP contribution in [-0.2, 0) is 24.8 Å². The average Bonchev–Trinajstić information content (AvgIpc) is 2.82. The first-order valence-electron chi connectivity index (χ1n) is 11.0. The van der Waals surface area contributed by atoms with Gasteiger partial charge in [-0.1, -0.05) is 17.7 Å². The van der Waals surface area contributed by atoms with Gasteiger partial charge >= 0.3 is 0 Å². The molecule has 198 valence electrons. The van der Waals surface area contributed by atoms with Gasteiger partial charge < -0.3 is 14.8 Å². The smallest absolute Gasteiger partial charge is 0.262 e. The molecule has 0 radical (unpaired) electrons. The molecule has 0 unspecified atom stereocenters. The van der Waals surface area contributed by atoms with Gasteiger partial charge in [-0.2, -0.15) is 0 Å². The second-order valence-electron chi connectivity index (χ2n) is 8.30. The molecule has 3 rings (SSSR count). The Morgan fingerprint density at radius 2 is 1.57 bits per heavy atom. The van der Waals surface area contributed by atoms with Crippen molar-refractivity contribution in [3.05, 3.63) is 71.8 Å². The number of nitrogens with zero attached hydrogens (tertiary/aromatic N) is 1. The number of carbonyl (C=O) groups excluding carboxylic acids is 1. The maximum atomic E-state index is 12.9. The Bertz CT molecular complexity index is 1500. The number of rotatable bonds is 10. The molecule has 1 amide bonds. The topological polar surface area (TPSA) is 131 Å². The second kappa shape index (κ2) is 11.1. The number of anilines is 3. The van der Waals surface area contributed by atoms with E-state index < -0.39 is 32.5 Å². The van der Waals surface area contributed by atoms with Crippen LogP contribution in [0.3, 0.4) is 0 Å². The fourth-order valence-corrected chi connectivity index (χ4v) is 5.59. The lowest BCUT2D eigenvalue weighted by Gasteiger charge is -2.24. The third-order valence-electron chi connectivity index (χ3n) is 5.41. The first-order chi connectivity index (χ1) is 17.3. The Labute approximate surface area is 217 Å². The molecule has 0 saturated carbocycles. The van der Waals surface area contributed by atoms with Gasteiger partial charge in [-0.3, -0.25) is 13.8 Å². The van der Waals surface area contributed by atoms with Crippen molar-refractivity contribution in [2.45, 2.75) is 18.7 Å². The van der Waals surface area contributed by atoms with Crippen LogP contribution in [0, 0.1) is 13.8 Å². The van der Waals surface area contributed by atoms with E-state index in [9.17, 15) is 21.6 Å². The molecule has 0 saturated heterocycles. The fraction of sp³-hybridized carbons (Fsp3) is 0.240. The van der Waals surface area contributed by atoms with E-state index in [0.717, 1.165) is 16.1 Å². The number of methoxy groups -OCH3 is 2. The minimum Gasteiger partial charge on any atom is -0.497 e. The number of benzene rings is 3. The molecule has 0 spiro atoms. The summed E-state index contributed by atoms with van der Waals surface area (Å²) in [6, 6.07) is 15.4. The number of hydrogen-bond acceptors (Lipinski definition) is 7. The summed E-state index contributed by atoms with van der Waals surface area (Å²) in [5, 5.41) is 2.61. The lowest BCUT2D eigenvalue weighted by molar-refractivity contribution is -0.114. The molecular formula is C25H29N3O7S2. The number of ether oxygens (including phenoxy) is 2. The van der Waals surface area contributed by atoms with Gasteiger partial charge in [0.25, 0.3) is 10.0 Å². The van der Waals surface area contributed by atoms with Crippen molar-refractivity contribution in [2.75, 3.05) is 41.4 Å². The molecule has 0 heterocycles. The number of amides is 1. The van der Waals surface area contributed by atoms with Crippen molar-refractivity contribution in [3.63, 3.8) is 0 Å². The number of carbonyl (C=O) groups is 1. The Hall–Kier alpha value is -3.77. The van der Waals surface area contributed by atoms with Crippen molar-refractivity contribution in [3.8, 4) is 11.5 Å². The Morgan fingerprint density at radius 1 is 0.892 bits per heavy atom. The van der Waals surface area contributed by atoms with Crippen LogP contribution >= 0.6 is 0 Å². The van der Waals surface area contributed by atoms with Crippen molar-refractivity contribution in [1.29, 1.82) is 0 Å². The second-order valence-corrected chi connectivity index (χ2v) is 11.9. The summed E-state index contributed by atoms with van der Waals surface area (Å²) in [6.07, 6.45) is 1.03. The highest BCUT2D eigenvalue weighted by molar-refractivity contribution is 7.92. The third kappa shape index (κ3) is 6.92. The molecule has 0 atom stereocenters. The van der Waals surface area contributed by atoms with Gasteiger partial charge in [0.1, 0.15) is 18.0 Å². The molecule has 0 aliphatic heterocycles. The highest BCUT2D eigenvalue weighted by atomic mass is 32.2. The molecule has 3 aromatic rings. The van der Waals surface area contributed by atoms with Crippen molar-refractivity contribution < 1.29 is 31.1 Å². The highest BCUT2D eigenvalue weighted by Gasteiger charge is 2.23. The molecule has 3 aromatic carbocycles. The van der Waals surface area contributed by atoms with Gasteiger partial charge in [-0.25, -0.2) is 16.8 Å². The van der Waals surface area contributed by atoms with Gasteiger partial charge in [0.15, 0.2) is 0 Å². The van der Waals surface area contributed by atoms with Gasteiger partial charge in [0.2, 0.25) is 15.9 Å². The van der Waals surface area contributed by atoms with Gasteiger partial charge in [0.05, 0.1) is 36.7 Å². The fourth-order valence-electron chi connectivity index (χ4n) is 3.61. The van der Waals surface area contributed by atoms with Crippen LogP contribution < -0.4 is 23.8 Å². The molecule has 10 nitrogen and oxygen atoms in total. The molecule has 0 aliphatic carbocycles. The first kappa shape index (κ1) is 27.8. The highest BCUT2D eigenvalue weighted by Crippen LogP contribution is 2.31. The van der Waals surface area contributed by atoms with Crippen LogP contribution in [0.1, 0.15) is 11.1 Å². The summed E-state index contributed by atoms with van der Waals surface area (Å²) in [6.45, 7) is 3.22. The zero-order valence-electron chi connectivity index (χ0n) is 21.1. The molecule has 0 aromatic heterocycles. The monoisotopic (exact) mass is 547 g/mol. The predicted octanol–water partition coefficient (Wildman–Crippen LogP) is 3.53. The summed E-state index contributed by atoms with van der Waals surface area (Å²) in [4.78, 5) is 12.6. The Balaban J connectivity index is 1.76. The van der Waals surface area contributed by atoms with Crippen molar-refractivity contribution >= 4 is 43.0 Å². The largest absolute Gasteiger partial charge is 0.497 e. The summed E-state index contributed by atoms with van der Waals surface area (Å²) in [5.74, 6) is 0.174. The van der Waals surface area contributed by atoms with Crippen LogP contribution in [0.5, 0.6) is 11.5 Å². The minimum absolute atomic E-state index is 0.0524. The Kier molecular flexibility index (Phi) is 8.34. The van der Waals surface area contributed by atoms with Crippen molar-refractivity contribution in [2.24, 2.45) is 0 Å². The maximum Gasteiger partial charge on any atom is 0.262 e. The van der Waals surface area contributed by atoms with E-state index in [1.807, 2.05) is 13.0 Å². The van der Waals surface area contributed by atoms with Gasteiger partial charge in [-0.05, 0) is 61.9 Å². The first-order valence-corrected chi connectivity index (χ1v) is 14.4. The lowest BCUT2D eigenvalue weighted by atomic mass is 10.1. The summed E-state index contributed by atoms with van der Waals surface area (Å²) in [7, 11) is -4.84. The van der Waals surface area contributed by atoms with E-state index >= 15 is 0 Å². The standard InChI is InChI=1S/C25H29N3O7S2/c1-17-6-12-23(18(2)14-17)28(36(5,30)31)16-25(29)26-19-7-10-21(11-8-19)37(32,33)27-22-15-20(34-3)9-13-24(22)35-4/h6-15,27H,16H2,1-5H3,(H,26,29). The molecule has 12 heteroatoms. The van der Waals surface area contributed by atoms with E-state index in [2.05, 4.69) is 10.0 Å². The van der Waals surface area contributed by atoms with E-state index in [4.69, 9.17) is 9.47 Å². The van der Waals surface area contributed by atoms with Crippen LogP contribution in [0.4, 0.5) is 17.1 Å². The average molecular weight is 548 g/mol. The Morgan fingerprint density at radius 3 is 2.14 bits per heavy atom. The van der Waals surface area contributed by atoms with Crippen LogP contribution in [0.15, 0.2) is 65.6 Å². The van der Waals surface area contributed by atoms with E-state index in [1.165, 1.54) is 44.6 Å². The van der Waals surface area contributed by atoms with E-state index in [1.54, 1.807) is 31.2 Å². The van der Waals surface area contributed by atoms with Crippen molar-refractivity contribution in [1.82, 2.24) is 0 Å². The minimum atomic E-state index is -3.98. The van der Waals surface area contributed by atoms with E-state index in [-0.39, 0.29) is 10.6 Å². The molecule has 37 heavy (non-hydrogen) atoms. The number of hydrogen-bond donors (Lipinski definition) is 2. The molecular weight excluding hydrogens is 518 g/mol. The van der Waals surface area contributed by atoms with Gasteiger partial charge in [0, 0.05) is 11.8 Å². The number of sulfonamides is 2. The molecule has 0 aliphatic rings. The summed E-state index contributed by atoms with van der Waals surface area (Å²) < 4.78 is 64.5. The normalized spacial score (nSPS) is 11.5. The van der Waals surface area contributed by atoms with E-state index in [0.29, 0.717) is 28.4 Å². The zero-order chi connectivity index (χ0) is 27.4. The van der Waals surface area contributed by atoms with Crippen LogP contribution in [0.2, 0.25) is 0 Å². The quantitative estimate of drug-likeness (QED) is 0.397. The molecule has 2 N–H and O–H groups in total. The van der Waals surface area contributed by atoms with Crippen LogP contribution in [0.25, 0.3) is 0 Å². The maximum absolute atomic E-state index is 12.9. The molecule has 0 bridgehead atoms.